The lowest BCUT2D eigenvalue weighted by Gasteiger charge is -2.10. The molecule has 27 heavy (non-hydrogen) atoms. The molecule has 0 saturated heterocycles. The van der Waals surface area contributed by atoms with Crippen molar-refractivity contribution in [2.24, 2.45) is 0 Å². The monoisotopic (exact) mass is 378 g/mol. The van der Waals surface area contributed by atoms with Gasteiger partial charge in [-0.25, -0.2) is 9.07 Å². The third-order valence-corrected chi connectivity index (χ3v) is 3.92. The molecule has 1 N–H and O–H groups in total. The second-order valence-electron chi connectivity index (χ2n) is 5.92. The van der Waals surface area contributed by atoms with Gasteiger partial charge in [0.05, 0.1) is 16.9 Å². The molecule has 0 unspecified atom stereocenters. The minimum Gasteiger partial charge on any atom is -0.321 e. The first kappa shape index (κ1) is 18.6. The fourth-order valence-corrected chi connectivity index (χ4v) is 2.48. The Balaban J connectivity index is 1.87. The van der Waals surface area contributed by atoms with Gasteiger partial charge in [-0.05, 0) is 44.2 Å². The maximum atomic E-state index is 13.4. The van der Waals surface area contributed by atoms with Gasteiger partial charge in [-0.2, -0.15) is 13.2 Å². The van der Waals surface area contributed by atoms with Gasteiger partial charge in [0.1, 0.15) is 5.82 Å². The maximum absolute atomic E-state index is 13.4. The first-order valence-corrected chi connectivity index (χ1v) is 7.84. The van der Waals surface area contributed by atoms with Crippen molar-refractivity contribution in [3.8, 4) is 5.69 Å². The predicted molar refractivity (Wildman–Crippen MR) is 90.2 cm³/mol. The van der Waals surface area contributed by atoms with Crippen molar-refractivity contribution in [1.29, 1.82) is 0 Å². The summed E-state index contributed by atoms with van der Waals surface area (Å²) in [6.45, 7) is 3.54. The van der Waals surface area contributed by atoms with Gasteiger partial charge in [-0.3, -0.25) is 4.79 Å². The molecule has 0 fully saturated rings. The number of aryl methyl sites for hydroxylation is 1. The van der Waals surface area contributed by atoms with Gasteiger partial charge < -0.3 is 5.32 Å². The Morgan fingerprint density at radius 3 is 2.37 bits per heavy atom. The van der Waals surface area contributed by atoms with E-state index >= 15 is 0 Å². The van der Waals surface area contributed by atoms with Gasteiger partial charge in [0, 0.05) is 5.69 Å². The van der Waals surface area contributed by atoms with E-state index in [2.05, 4.69) is 15.6 Å². The average molecular weight is 378 g/mol. The summed E-state index contributed by atoms with van der Waals surface area (Å²) in [5, 5.41) is 10.0. The van der Waals surface area contributed by atoms with Crippen LogP contribution >= 0.6 is 0 Å². The zero-order chi connectivity index (χ0) is 19.8. The first-order valence-electron chi connectivity index (χ1n) is 7.84. The van der Waals surface area contributed by atoms with E-state index < -0.39 is 23.5 Å². The lowest BCUT2D eigenvalue weighted by atomic mass is 10.1. The summed E-state index contributed by atoms with van der Waals surface area (Å²) in [4.78, 5) is 12.4. The van der Waals surface area contributed by atoms with Crippen LogP contribution in [0.3, 0.4) is 0 Å². The number of nitrogens with zero attached hydrogens (tertiary/aromatic N) is 3. The fraction of sp³-hybridized carbons (Fsp3) is 0.167. The van der Waals surface area contributed by atoms with Crippen molar-refractivity contribution in [2.45, 2.75) is 20.0 Å². The molecule has 1 heterocycles. The van der Waals surface area contributed by atoms with E-state index in [1.54, 1.807) is 19.1 Å². The molecule has 3 rings (SSSR count). The molecule has 140 valence electrons. The van der Waals surface area contributed by atoms with Gasteiger partial charge in [-0.1, -0.05) is 22.9 Å². The highest BCUT2D eigenvalue weighted by Gasteiger charge is 2.34. The third-order valence-electron chi connectivity index (χ3n) is 3.92. The summed E-state index contributed by atoms with van der Waals surface area (Å²) in [5.74, 6) is -2.16. The van der Waals surface area contributed by atoms with E-state index in [0.717, 1.165) is 11.6 Å². The van der Waals surface area contributed by atoms with Crippen LogP contribution in [0.2, 0.25) is 0 Å². The van der Waals surface area contributed by atoms with Crippen molar-refractivity contribution in [1.82, 2.24) is 15.0 Å². The van der Waals surface area contributed by atoms with Crippen LogP contribution in [0.25, 0.3) is 5.69 Å². The summed E-state index contributed by atoms with van der Waals surface area (Å²) >= 11 is 0. The van der Waals surface area contributed by atoms with E-state index in [1.165, 1.54) is 4.68 Å². The Kier molecular flexibility index (Phi) is 4.69. The molecule has 1 amide bonds. The molecule has 3 aromatic rings. The quantitative estimate of drug-likeness (QED) is 0.692. The molecule has 0 radical (unpaired) electrons. The molecule has 0 aliphatic carbocycles. The second-order valence-corrected chi connectivity index (χ2v) is 5.92. The van der Waals surface area contributed by atoms with Crippen LogP contribution in [-0.4, -0.2) is 20.9 Å². The average Bonchev–Trinajstić information content (AvgIpc) is 2.98. The lowest BCUT2D eigenvalue weighted by molar-refractivity contribution is -0.139. The topological polar surface area (TPSA) is 59.8 Å². The van der Waals surface area contributed by atoms with Gasteiger partial charge in [-0.15, -0.1) is 5.10 Å². The molecule has 0 saturated carbocycles. The molecule has 0 spiro atoms. The number of aromatic nitrogens is 3. The van der Waals surface area contributed by atoms with Crippen LogP contribution < -0.4 is 5.32 Å². The minimum atomic E-state index is -4.87. The molecule has 0 aliphatic heterocycles. The van der Waals surface area contributed by atoms with Gasteiger partial charge in [0.15, 0.2) is 5.69 Å². The van der Waals surface area contributed by atoms with Crippen LogP contribution in [0.5, 0.6) is 0 Å². The molecule has 9 heteroatoms. The number of hydrogen-bond acceptors (Lipinski definition) is 3. The zero-order valence-corrected chi connectivity index (χ0v) is 14.3. The van der Waals surface area contributed by atoms with E-state index in [0.29, 0.717) is 23.5 Å². The van der Waals surface area contributed by atoms with Crippen LogP contribution in [0.4, 0.5) is 23.2 Å². The van der Waals surface area contributed by atoms with Gasteiger partial charge >= 0.3 is 6.18 Å². The van der Waals surface area contributed by atoms with Crippen molar-refractivity contribution in [3.05, 3.63) is 70.8 Å². The predicted octanol–water partition coefficient (Wildman–Crippen LogP) is 4.29. The van der Waals surface area contributed by atoms with E-state index in [9.17, 15) is 22.4 Å². The Morgan fingerprint density at radius 2 is 1.74 bits per heavy atom. The largest absolute Gasteiger partial charge is 0.419 e. The minimum absolute atomic E-state index is 0.0477. The Bertz CT molecular complexity index is 994. The molecule has 0 bridgehead atoms. The number of carbonyl (C=O) groups excluding carboxylic acids is 1. The Labute approximate surface area is 151 Å². The van der Waals surface area contributed by atoms with Crippen molar-refractivity contribution in [3.63, 3.8) is 0 Å². The van der Waals surface area contributed by atoms with Crippen molar-refractivity contribution >= 4 is 11.6 Å². The van der Waals surface area contributed by atoms with E-state index in [4.69, 9.17) is 0 Å². The fourth-order valence-electron chi connectivity index (χ4n) is 2.48. The molecule has 2 aromatic carbocycles. The highest BCUT2D eigenvalue weighted by molar-refractivity contribution is 6.03. The highest BCUT2D eigenvalue weighted by atomic mass is 19.4. The number of hydrogen-bond donors (Lipinski definition) is 1. The number of alkyl halides is 3. The number of halogens is 4. The van der Waals surface area contributed by atoms with Gasteiger partial charge in [0.2, 0.25) is 0 Å². The number of carbonyl (C=O) groups is 1. The van der Waals surface area contributed by atoms with E-state index in [-0.39, 0.29) is 11.4 Å². The maximum Gasteiger partial charge on any atom is 0.419 e. The number of amides is 1. The zero-order valence-electron chi connectivity index (χ0n) is 14.3. The van der Waals surface area contributed by atoms with Crippen LogP contribution in [-0.2, 0) is 6.18 Å². The summed E-state index contributed by atoms with van der Waals surface area (Å²) in [7, 11) is 0. The first-order chi connectivity index (χ1) is 12.7. The Hall–Kier alpha value is -3.23. The summed E-state index contributed by atoms with van der Waals surface area (Å²) < 4.78 is 53.2. The standard InChI is InChI=1S/C18H14F4N4O/c1-10-3-6-13(7-4-10)26-11(2)16(24-25-26)17(27)23-12-5-8-15(19)14(9-12)18(20,21)22/h3-9H,1-2H3,(H,23,27). The highest BCUT2D eigenvalue weighted by Crippen LogP contribution is 2.33. The van der Waals surface area contributed by atoms with Gasteiger partial charge in [0.25, 0.3) is 5.91 Å². The summed E-state index contributed by atoms with van der Waals surface area (Å²) in [6.07, 6.45) is -4.87. The van der Waals surface area contributed by atoms with Crippen LogP contribution in [0.15, 0.2) is 42.5 Å². The number of rotatable bonds is 3. The normalized spacial score (nSPS) is 11.5. The molecule has 5 nitrogen and oxygen atoms in total. The third kappa shape index (κ3) is 3.81. The SMILES string of the molecule is Cc1ccc(-n2nnc(C(=O)Nc3ccc(F)c(C(F)(F)F)c3)c2C)cc1. The van der Waals surface area contributed by atoms with E-state index in [1.807, 2.05) is 19.1 Å². The molecular weight excluding hydrogens is 364 g/mol. The van der Waals surface area contributed by atoms with Crippen molar-refractivity contribution in [2.75, 3.05) is 5.32 Å². The lowest BCUT2D eigenvalue weighted by Crippen LogP contribution is -2.16. The molecule has 1 aromatic heterocycles. The molecule has 0 aliphatic rings. The number of nitrogens with one attached hydrogen (secondary N) is 1. The number of benzene rings is 2. The molecule has 0 atom stereocenters. The smallest absolute Gasteiger partial charge is 0.321 e. The Morgan fingerprint density at radius 1 is 1.07 bits per heavy atom. The number of anilines is 1. The van der Waals surface area contributed by atoms with Crippen LogP contribution in [0.1, 0.15) is 27.3 Å². The molecular formula is C18H14F4N4O. The second kappa shape index (κ2) is 6.82. The van der Waals surface area contributed by atoms with Crippen molar-refractivity contribution < 1.29 is 22.4 Å². The summed E-state index contributed by atoms with van der Waals surface area (Å²) in [5.41, 5.74) is 0.443. The summed E-state index contributed by atoms with van der Waals surface area (Å²) in [6, 6.07) is 9.56. The van der Waals surface area contributed by atoms with Crippen LogP contribution in [0, 0.1) is 19.7 Å².